The third kappa shape index (κ3) is 2.27. The Labute approximate surface area is 95.0 Å². The highest BCUT2D eigenvalue weighted by atomic mass is 16.5. The van der Waals surface area contributed by atoms with Gasteiger partial charge in [-0.2, -0.15) is 0 Å². The molecule has 0 spiro atoms. The van der Waals surface area contributed by atoms with Crippen LogP contribution in [0.5, 0.6) is 5.75 Å². The average Bonchev–Trinajstić information content (AvgIpc) is 3.01. The van der Waals surface area contributed by atoms with E-state index in [1.807, 2.05) is 0 Å². The van der Waals surface area contributed by atoms with Crippen LogP contribution in [0.2, 0.25) is 0 Å². The van der Waals surface area contributed by atoms with E-state index >= 15 is 0 Å². The second-order valence-electron chi connectivity index (χ2n) is 4.27. The van der Waals surface area contributed by atoms with Crippen molar-refractivity contribution in [3.63, 3.8) is 0 Å². The van der Waals surface area contributed by atoms with Crippen LogP contribution in [0.4, 0.5) is 5.69 Å². The van der Waals surface area contributed by atoms with Gasteiger partial charge in [0.1, 0.15) is 5.75 Å². The SMILES string of the molecule is CN(C)C(=O)c1ccc(OC2CC2)cc1N. The molecule has 0 aliphatic heterocycles. The molecule has 1 amide bonds. The molecule has 0 atom stereocenters. The van der Waals surface area contributed by atoms with Gasteiger partial charge in [0.25, 0.3) is 5.91 Å². The molecule has 0 bridgehead atoms. The summed E-state index contributed by atoms with van der Waals surface area (Å²) >= 11 is 0. The Morgan fingerprint density at radius 2 is 2.12 bits per heavy atom. The summed E-state index contributed by atoms with van der Waals surface area (Å²) in [5.41, 5.74) is 6.82. The van der Waals surface area contributed by atoms with E-state index < -0.39 is 0 Å². The van der Waals surface area contributed by atoms with Gasteiger partial charge in [0, 0.05) is 25.8 Å². The zero-order valence-corrected chi connectivity index (χ0v) is 9.56. The summed E-state index contributed by atoms with van der Waals surface area (Å²) in [5, 5.41) is 0. The number of benzene rings is 1. The van der Waals surface area contributed by atoms with Crippen LogP contribution in [-0.2, 0) is 0 Å². The van der Waals surface area contributed by atoms with Gasteiger partial charge in [-0.3, -0.25) is 4.79 Å². The minimum atomic E-state index is -0.0875. The lowest BCUT2D eigenvalue weighted by Gasteiger charge is -2.13. The van der Waals surface area contributed by atoms with Crippen molar-refractivity contribution in [2.45, 2.75) is 18.9 Å². The van der Waals surface area contributed by atoms with Crippen LogP contribution in [0.3, 0.4) is 0 Å². The zero-order chi connectivity index (χ0) is 11.7. The van der Waals surface area contributed by atoms with E-state index in [4.69, 9.17) is 10.5 Å². The van der Waals surface area contributed by atoms with E-state index in [1.165, 1.54) is 4.90 Å². The predicted molar refractivity (Wildman–Crippen MR) is 62.5 cm³/mol. The molecule has 2 N–H and O–H groups in total. The summed E-state index contributed by atoms with van der Waals surface area (Å²) in [4.78, 5) is 13.2. The van der Waals surface area contributed by atoms with Crippen LogP contribution in [0, 0.1) is 0 Å². The van der Waals surface area contributed by atoms with Gasteiger partial charge in [-0.05, 0) is 25.0 Å². The van der Waals surface area contributed by atoms with Gasteiger partial charge < -0.3 is 15.4 Å². The monoisotopic (exact) mass is 220 g/mol. The Balaban J connectivity index is 2.18. The summed E-state index contributed by atoms with van der Waals surface area (Å²) < 4.78 is 5.60. The Morgan fingerprint density at radius 1 is 1.44 bits per heavy atom. The molecule has 16 heavy (non-hydrogen) atoms. The van der Waals surface area contributed by atoms with Gasteiger partial charge in [-0.25, -0.2) is 0 Å². The van der Waals surface area contributed by atoms with Crippen molar-refractivity contribution in [1.82, 2.24) is 4.90 Å². The van der Waals surface area contributed by atoms with Crippen LogP contribution in [0.25, 0.3) is 0 Å². The molecule has 0 heterocycles. The first-order valence-corrected chi connectivity index (χ1v) is 5.36. The largest absolute Gasteiger partial charge is 0.490 e. The molecule has 1 aliphatic rings. The Hall–Kier alpha value is -1.71. The molecule has 4 heteroatoms. The molecule has 4 nitrogen and oxygen atoms in total. The van der Waals surface area contributed by atoms with Crippen LogP contribution in [0.1, 0.15) is 23.2 Å². The van der Waals surface area contributed by atoms with E-state index in [-0.39, 0.29) is 5.91 Å². The van der Waals surface area contributed by atoms with Crippen LogP contribution in [-0.4, -0.2) is 31.0 Å². The molecular formula is C12H16N2O2. The fourth-order valence-electron chi connectivity index (χ4n) is 1.43. The molecule has 1 aromatic carbocycles. The summed E-state index contributed by atoms with van der Waals surface area (Å²) in [6.45, 7) is 0. The van der Waals surface area contributed by atoms with Crippen molar-refractivity contribution >= 4 is 11.6 Å². The number of carbonyl (C=O) groups excluding carboxylic acids is 1. The molecule has 86 valence electrons. The molecule has 1 aliphatic carbocycles. The number of anilines is 1. The van der Waals surface area contributed by atoms with Crippen molar-refractivity contribution in [3.05, 3.63) is 23.8 Å². The van der Waals surface area contributed by atoms with Gasteiger partial charge in [0.15, 0.2) is 0 Å². The lowest BCUT2D eigenvalue weighted by Crippen LogP contribution is -2.22. The molecule has 0 unspecified atom stereocenters. The second kappa shape index (κ2) is 4.04. The van der Waals surface area contributed by atoms with Crippen LogP contribution in [0.15, 0.2) is 18.2 Å². The van der Waals surface area contributed by atoms with Crippen molar-refractivity contribution in [2.75, 3.05) is 19.8 Å². The normalized spacial score (nSPS) is 14.6. The first-order chi connectivity index (χ1) is 7.58. The van der Waals surface area contributed by atoms with Crippen LogP contribution >= 0.6 is 0 Å². The number of nitrogens with zero attached hydrogens (tertiary/aromatic N) is 1. The number of rotatable bonds is 3. The molecule has 0 saturated heterocycles. The summed E-state index contributed by atoms with van der Waals surface area (Å²) in [6.07, 6.45) is 2.56. The highest BCUT2D eigenvalue weighted by molar-refractivity contribution is 5.99. The molecule has 1 fully saturated rings. The van der Waals surface area contributed by atoms with E-state index in [0.29, 0.717) is 17.4 Å². The number of hydrogen-bond acceptors (Lipinski definition) is 3. The molecule has 1 saturated carbocycles. The van der Waals surface area contributed by atoms with E-state index in [2.05, 4.69) is 0 Å². The van der Waals surface area contributed by atoms with Crippen molar-refractivity contribution in [3.8, 4) is 5.75 Å². The number of nitrogens with two attached hydrogens (primary N) is 1. The smallest absolute Gasteiger partial charge is 0.255 e. The number of amides is 1. The third-order valence-electron chi connectivity index (χ3n) is 2.49. The fourth-order valence-corrected chi connectivity index (χ4v) is 1.43. The van der Waals surface area contributed by atoms with E-state index in [1.54, 1.807) is 32.3 Å². The highest BCUT2D eigenvalue weighted by Gasteiger charge is 2.24. The summed E-state index contributed by atoms with van der Waals surface area (Å²) in [7, 11) is 3.41. The van der Waals surface area contributed by atoms with Crippen molar-refractivity contribution in [1.29, 1.82) is 0 Å². The summed E-state index contributed by atoms with van der Waals surface area (Å²) in [6, 6.07) is 5.23. The number of ether oxygens (including phenoxy) is 1. The first-order valence-electron chi connectivity index (χ1n) is 5.36. The Bertz CT molecular complexity index is 411. The summed E-state index contributed by atoms with van der Waals surface area (Å²) in [5.74, 6) is 0.658. The minimum absolute atomic E-state index is 0.0875. The van der Waals surface area contributed by atoms with Gasteiger partial charge >= 0.3 is 0 Å². The van der Waals surface area contributed by atoms with Gasteiger partial charge in [0.05, 0.1) is 11.7 Å². The molecular weight excluding hydrogens is 204 g/mol. The molecule has 0 radical (unpaired) electrons. The Kier molecular flexibility index (Phi) is 2.73. The average molecular weight is 220 g/mol. The number of hydrogen-bond donors (Lipinski definition) is 1. The van der Waals surface area contributed by atoms with Crippen LogP contribution < -0.4 is 10.5 Å². The van der Waals surface area contributed by atoms with Crippen molar-refractivity contribution < 1.29 is 9.53 Å². The predicted octanol–water partition coefficient (Wildman–Crippen LogP) is 1.51. The molecule has 2 rings (SSSR count). The molecule has 1 aromatic rings. The molecule has 0 aromatic heterocycles. The standard InChI is InChI=1S/C12H16N2O2/c1-14(2)12(15)10-6-5-9(7-11(10)13)16-8-3-4-8/h5-8H,3-4,13H2,1-2H3. The maximum atomic E-state index is 11.7. The fraction of sp³-hybridized carbons (Fsp3) is 0.417. The number of nitrogen functional groups attached to an aromatic ring is 1. The van der Waals surface area contributed by atoms with Gasteiger partial charge in [0.2, 0.25) is 0 Å². The third-order valence-corrected chi connectivity index (χ3v) is 2.49. The van der Waals surface area contributed by atoms with E-state index in [9.17, 15) is 4.79 Å². The number of carbonyl (C=O) groups is 1. The first kappa shape index (κ1) is 10.8. The Morgan fingerprint density at radius 3 is 2.62 bits per heavy atom. The van der Waals surface area contributed by atoms with Crippen molar-refractivity contribution in [2.24, 2.45) is 0 Å². The second-order valence-corrected chi connectivity index (χ2v) is 4.27. The quantitative estimate of drug-likeness (QED) is 0.785. The minimum Gasteiger partial charge on any atom is -0.490 e. The van der Waals surface area contributed by atoms with Gasteiger partial charge in [-0.1, -0.05) is 0 Å². The lowest BCUT2D eigenvalue weighted by molar-refractivity contribution is 0.0828. The van der Waals surface area contributed by atoms with E-state index in [0.717, 1.165) is 18.6 Å². The maximum absolute atomic E-state index is 11.7. The topological polar surface area (TPSA) is 55.6 Å². The highest BCUT2D eigenvalue weighted by Crippen LogP contribution is 2.28. The lowest BCUT2D eigenvalue weighted by atomic mass is 10.1. The maximum Gasteiger partial charge on any atom is 0.255 e. The zero-order valence-electron chi connectivity index (χ0n) is 9.56. The van der Waals surface area contributed by atoms with Gasteiger partial charge in [-0.15, -0.1) is 0 Å².